The monoisotopic (exact) mass is 1920 g/mol. The van der Waals surface area contributed by atoms with Crippen LogP contribution in [0.1, 0.15) is 109 Å². The summed E-state index contributed by atoms with van der Waals surface area (Å²) < 4.78 is 141. The zero-order valence-electron chi connectivity index (χ0n) is 68.2. The normalized spacial score (nSPS) is 20.2. The molecule has 4 amide bonds. The molecule has 0 saturated carbocycles. The van der Waals surface area contributed by atoms with Crippen LogP contribution in [-0.4, -0.2) is 248 Å². The van der Waals surface area contributed by atoms with Crippen LogP contribution in [0, 0.1) is 11.8 Å². The molecule has 0 radical (unpaired) electrons. The van der Waals surface area contributed by atoms with E-state index in [1.165, 1.54) is 50.9 Å². The maximum absolute atomic E-state index is 13.9. The molecule has 690 valence electrons. The van der Waals surface area contributed by atoms with Crippen molar-refractivity contribution in [2.24, 2.45) is 0 Å². The number of fused-ring (bicyclic) bond motifs is 4. The molecular weight excluding hydrogens is 1830 g/mol. The molecule has 6 aromatic rings. The number of rotatable bonds is 48. The van der Waals surface area contributed by atoms with Gasteiger partial charge in [0.2, 0.25) is 23.4 Å². The molecule has 4 aromatic heterocycles. The van der Waals surface area contributed by atoms with Gasteiger partial charge in [-0.05, 0) is 82.0 Å². The summed E-state index contributed by atoms with van der Waals surface area (Å²) in [6.45, 7) is 9.93. The molecule has 15 N–H and O–H groups in total. The van der Waals surface area contributed by atoms with Gasteiger partial charge in [-0.1, -0.05) is 65.5 Å². The van der Waals surface area contributed by atoms with Gasteiger partial charge in [-0.25, -0.2) is 48.0 Å². The number of likely N-dealkylation sites (N-methyl/N-ethyl adjacent to an activating group) is 1. The molecular formula is C72H96N14O32P4S4. The highest BCUT2D eigenvalue weighted by Gasteiger charge is 2.47. The second-order valence-electron chi connectivity index (χ2n) is 29.2. The van der Waals surface area contributed by atoms with Crippen LogP contribution >= 0.6 is 64.9 Å². The van der Waals surface area contributed by atoms with Gasteiger partial charge in [-0.3, -0.25) is 42.9 Å². The van der Waals surface area contributed by atoms with Gasteiger partial charge in [0.05, 0.1) is 111 Å². The van der Waals surface area contributed by atoms with Gasteiger partial charge in [0.15, 0.2) is 22.7 Å². The standard InChI is InChI=1S/C72H96N14O32P4S4/c1-6-83-51-21-19-46(125-116-115-93)33-48(51)71(2,3)57(83)16-9-7-10-17-58-72(4,5)49-34-47(126(104,105)106)20-22-52(49)84(58)25-12-8-11-18-59(89)81-50(41-124-123-32-14-26-110-70(92)82-66-64-68(79-43-77-66)86(44-80-64)62-36-54(88)56(114-62)39-112-121(100,101)118-122(102,103)117-120(97,98)99)69(91)75-24-27-107-28-29-108-30-31-109-40-60(90)74-23-13-15-45-37-85(67-63(45)65(73)76-42-78-67)61-35-53(87)55(113-61)38-111-119(94,95)96/h7,9-10,16-17,19-22,33-34,37,42-44,50,53-56,61-62,87-88H,6,8,11-12,14,18,23-32,35-36,38-41H2,1-5H3,(H13-,73,74,75,76,77,78,79,81,82,89,90,91,92,93,94,95,96,97,98,99,100,101,102,103,104,105,106)/t50?,53-,54-,55-,56-,61-,62-/m1/s1. The predicted octanol–water partition coefficient (Wildman–Crippen LogP) is 4.97. The number of phosphoric acid groups is 4. The first-order valence-electron chi connectivity index (χ1n) is 38.7. The number of unbranched alkanes of at least 4 members (excludes halogenated alkanes) is 2. The van der Waals surface area contributed by atoms with Gasteiger partial charge in [0.1, 0.15) is 68.0 Å². The minimum absolute atomic E-state index is 0.0316. The number of hydrogen-bond donors (Lipinski definition) is 14. The van der Waals surface area contributed by atoms with Crippen LogP contribution in [0.2, 0.25) is 0 Å². The smallest absolute Gasteiger partial charge is 0.490 e. The molecule has 4 aliphatic heterocycles. The minimum Gasteiger partial charge on any atom is -0.691 e. The molecule has 54 heteroatoms. The fourth-order valence-electron chi connectivity index (χ4n) is 13.9. The average molecular weight is 1920 g/mol. The Labute approximate surface area is 733 Å². The second-order valence-corrected chi connectivity index (χ2v) is 39.7. The molecule has 0 aliphatic carbocycles. The van der Waals surface area contributed by atoms with Gasteiger partial charge in [0, 0.05) is 95.9 Å². The topological polar surface area (TPSA) is 641 Å². The maximum Gasteiger partial charge on any atom is 0.490 e. The van der Waals surface area contributed by atoms with Crippen molar-refractivity contribution in [2.45, 2.75) is 143 Å². The molecule has 8 heterocycles. The van der Waals surface area contributed by atoms with Crippen LogP contribution in [0.3, 0.4) is 0 Å². The van der Waals surface area contributed by atoms with Crippen molar-refractivity contribution in [1.82, 2.24) is 50.0 Å². The van der Waals surface area contributed by atoms with Crippen molar-refractivity contribution >= 4 is 150 Å². The number of imidazole rings is 1. The summed E-state index contributed by atoms with van der Waals surface area (Å²) in [5.41, 5.74) is 11.2. The Bertz CT molecular complexity index is 5390. The highest BCUT2D eigenvalue weighted by molar-refractivity contribution is 8.76. The van der Waals surface area contributed by atoms with Crippen molar-refractivity contribution in [3.8, 4) is 11.8 Å². The van der Waals surface area contributed by atoms with E-state index in [1.54, 1.807) is 16.8 Å². The van der Waals surface area contributed by atoms with E-state index in [0.29, 0.717) is 71.6 Å². The van der Waals surface area contributed by atoms with E-state index in [2.05, 4.69) is 115 Å². The van der Waals surface area contributed by atoms with Crippen molar-refractivity contribution < 1.29 is 155 Å². The highest BCUT2D eigenvalue weighted by Crippen LogP contribution is 2.66. The van der Waals surface area contributed by atoms with Crippen LogP contribution in [0.4, 0.5) is 27.8 Å². The number of nitrogens with zero attached hydrogens (tertiary/aromatic N) is 9. The number of carbonyl (C=O) groups is 4. The number of ether oxygens (including phenoxy) is 6. The van der Waals surface area contributed by atoms with Crippen molar-refractivity contribution in [3.63, 3.8) is 0 Å². The molecule has 4 aliphatic rings. The van der Waals surface area contributed by atoms with Crippen molar-refractivity contribution in [3.05, 3.63) is 114 Å². The third kappa shape index (κ3) is 28.2. The molecule has 126 heavy (non-hydrogen) atoms. The number of amides is 4. The summed E-state index contributed by atoms with van der Waals surface area (Å²) in [7, 11) is -23.8. The van der Waals surface area contributed by atoms with E-state index >= 15 is 0 Å². The van der Waals surface area contributed by atoms with E-state index < -0.39 is 132 Å². The number of nitrogens with one attached hydrogen (secondary N) is 4. The maximum atomic E-state index is 13.9. The molecule has 0 bridgehead atoms. The minimum atomic E-state index is -5.81. The Balaban J connectivity index is 0.683. The lowest BCUT2D eigenvalue weighted by Gasteiger charge is -2.25. The first-order valence-corrected chi connectivity index (χ1v) is 49.4. The first kappa shape index (κ1) is 101. The molecule has 10 rings (SSSR count). The second kappa shape index (κ2) is 45.3. The quantitative estimate of drug-likeness (QED) is 0.00229. The van der Waals surface area contributed by atoms with Gasteiger partial charge in [0.25, 0.3) is 10.1 Å². The molecule has 3 unspecified atom stereocenters. The molecule has 46 nitrogen and oxygen atoms in total. The molecule has 9 atom stereocenters. The number of phosphoric ester groups is 2. The molecule has 0 spiro atoms. The fraction of sp³-hybridized carbons (Fsp3) is 0.500. The number of aliphatic hydroxyl groups excluding tert-OH is 2. The van der Waals surface area contributed by atoms with Crippen LogP contribution in [0.5, 0.6) is 0 Å². The summed E-state index contributed by atoms with van der Waals surface area (Å²) in [4.78, 5) is 132. The largest absolute Gasteiger partial charge is 0.691 e. The Morgan fingerprint density at radius 3 is 2.17 bits per heavy atom. The van der Waals surface area contributed by atoms with Crippen molar-refractivity contribution in [2.75, 3.05) is 113 Å². The molecule has 2 saturated heterocycles. The Kier molecular flexibility index (Phi) is 36.2. The van der Waals surface area contributed by atoms with Crippen LogP contribution in [0.15, 0.2) is 107 Å². The lowest BCUT2D eigenvalue weighted by atomic mass is 9.81. The Morgan fingerprint density at radius 1 is 0.762 bits per heavy atom. The number of anilines is 3. The van der Waals surface area contributed by atoms with Crippen LogP contribution in [0.25, 0.3) is 22.2 Å². The lowest BCUT2D eigenvalue weighted by Crippen LogP contribution is -2.48. The fourth-order valence-corrected chi connectivity index (χ4v) is 20.4. The van der Waals surface area contributed by atoms with Crippen molar-refractivity contribution in [1.29, 1.82) is 0 Å². The molecule has 2 fully saturated rings. The summed E-state index contributed by atoms with van der Waals surface area (Å²) in [5.74, 6) is 4.95. The number of carbonyl (C=O) groups excluding carboxylic acids is 4. The number of aromatic nitrogens is 7. The van der Waals surface area contributed by atoms with Gasteiger partial charge in [-0.15, -0.1) is 0 Å². The van der Waals surface area contributed by atoms with E-state index in [4.69, 9.17) is 53.7 Å². The number of nitrogens with two attached hydrogens (primary N) is 1. The zero-order valence-corrected chi connectivity index (χ0v) is 75.0. The van der Waals surface area contributed by atoms with Crippen LogP contribution < -0.4 is 37.2 Å². The lowest BCUT2D eigenvalue weighted by molar-refractivity contribution is -0.777. The number of benzene rings is 2. The van der Waals surface area contributed by atoms with Crippen LogP contribution in [-0.2, 0) is 109 Å². The predicted molar refractivity (Wildman–Crippen MR) is 450 cm³/mol. The first-order chi connectivity index (χ1) is 59.7. The third-order valence-electron chi connectivity index (χ3n) is 19.7. The van der Waals surface area contributed by atoms with E-state index in [9.17, 15) is 75.7 Å². The van der Waals surface area contributed by atoms with Gasteiger partial charge >= 0.3 is 37.4 Å². The van der Waals surface area contributed by atoms with E-state index in [1.807, 2.05) is 62.4 Å². The highest BCUT2D eigenvalue weighted by atomic mass is 33.1. The molecule has 2 aromatic carbocycles. The number of hydrogen-bond acceptors (Lipinski definition) is 35. The summed E-state index contributed by atoms with van der Waals surface area (Å²) in [5, 5.41) is 46.5. The van der Waals surface area contributed by atoms with Gasteiger partial charge < -0.3 is 104 Å². The Morgan fingerprint density at radius 2 is 1.46 bits per heavy atom. The summed E-state index contributed by atoms with van der Waals surface area (Å²) >= 11 is 0.821. The number of nitrogen functional groups attached to an aromatic ring is 1. The summed E-state index contributed by atoms with van der Waals surface area (Å²) in [6, 6.07) is 9.27. The SMILES string of the molecule is CCN1/C(=C/C=C/C=C/C2=[N+](CCCCCC(=O)NC(CSSCCCOC(=O)Nc3ncnc4c3ncn4[C@H]3C[C@@H](O)[C@@H](COP(=O)(O)OP(=O)(O)OP(=O)(O)O)O3)C(=O)NCCOCCOCCOCC(=O)NCC#Cc3cn([C@H]4C[C@@H](O)[C@@H](COP(=O)(O)O)O4)c4ncnc(N)c34)c3ccc(S(=O)(=O)O)cc3C2(C)C)C(C)(C)c2cc(SOO[O-])ccc21. The van der Waals surface area contributed by atoms with E-state index in [0.717, 1.165) is 46.7 Å². The average Bonchev–Trinajstić information content (AvgIpc) is 1.59. The number of allylic oxidation sites excluding steroid dienone is 6. The number of aliphatic hydroxyl groups is 2. The Hall–Kier alpha value is -7.58. The zero-order chi connectivity index (χ0) is 91.4. The third-order valence-corrected chi connectivity index (χ3v) is 27.9. The van der Waals surface area contributed by atoms with Gasteiger partial charge in [-0.2, -0.15) is 25.9 Å². The summed E-state index contributed by atoms with van der Waals surface area (Å²) in [6.07, 6.45) is 8.99. The van der Waals surface area contributed by atoms with E-state index in [-0.39, 0.29) is 112 Å².